The lowest BCUT2D eigenvalue weighted by atomic mass is 9.89. The first-order valence-electron chi connectivity index (χ1n) is 6.94. The van der Waals surface area contributed by atoms with Crippen molar-refractivity contribution in [1.82, 2.24) is 4.90 Å². The number of ether oxygens (including phenoxy) is 1. The second-order valence-corrected chi connectivity index (χ2v) is 5.65. The van der Waals surface area contributed by atoms with E-state index in [1.165, 1.54) is 12.8 Å². The highest BCUT2D eigenvalue weighted by molar-refractivity contribution is 6.33. The van der Waals surface area contributed by atoms with E-state index in [9.17, 15) is 4.79 Å². The van der Waals surface area contributed by atoms with Crippen molar-refractivity contribution in [3.63, 3.8) is 0 Å². The highest BCUT2D eigenvalue weighted by atomic mass is 35.5. The van der Waals surface area contributed by atoms with Gasteiger partial charge in [-0.15, -0.1) is 0 Å². The molecule has 0 unspecified atom stereocenters. The predicted octanol–water partition coefficient (Wildman–Crippen LogP) is 3.12. The molecule has 2 aliphatic rings. The van der Waals surface area contributed by atoms with Gasteiger partial charge in [-0.2, -0.15) is 0 Å². The van der Waals surface area contributed by atoms with Gasteiger partial charge in [0.05, 0.1) is 29.3 Å². The van der Waals surface area contributed by atoms with Crippen LogP contribution in [0.25, 0.3) is 0 Å². The average molecular weight is 280 g/mol. The Morgan fingerprint density at radius 3 is 2.89 bits per heavy atom. The lowest BCUT2D eigenvalue weighted by Crippen LogP contribution is -2.54. The number of morpholine rings is 1. The molecule has 3 nitrogen and oxygen atoms in total. The number of hydrogen-bond acceptors (Lipinski definition) is 2. The fraction of sp³-hybridized carbons (Fsp3) is 0.533. The summed E-state index contributed by atoms with van der Waals surface area (Å²) < 4.78 is 5.80. The van der Waals surface area contributed by atoms with Gasteiger partial charge in [0, 0.05) is 6.54 Å². The molecule has 4 heteroatoms. The lowest BCUT2D eigenvalue weighted by Gasteiger charge is -2.43. The summed E-state index contributed by atoms with van der Waals surface area (Å²) in [6.45, 7) is 1.31. The van der Waals surface area contributed by atoms with Crippen molar-refractivity contribution in [1.29, 1.82) is 0 Å². The maximum atomic E-state index is 12.7. The molecular weight excluding hydrogens is 262 g/mol. The molecule has 2 fully saturated rings. The van der Waals surface area contributed by atoms with E-state index in [4.69, 9.17) is 16.3 Å². The Labute approximate surface area is 118 Å². The first kappa shape index (κ1) is 12.9. The topological polar surface area (TPSA) is 29.5 Å². The predicted molar refractivity (Wildman–Crippen MR) is 74.5 cm³/mol. The minimum Gasteiger partial charge on any atom is -0.374 e. The monoisotopic (exact) mass is 279 g/mol. The van der Waals surface area contributed by atoms with Crippen LogP contribution in [0.15, 0.2) is 24.3 Å². The molecule has 1 aliphatic heterocycles. The Kier molecular flexibility index (Phi) is 3.76. The van der Waals surface area contributed by atoms with Gasteiger partial charge in [-0.3, -0.25) is 4.79 Å². The van der Waals surface area contributed by atoms with Crippen molar-refractivity contribution in [3.8, 4) is 0 Å². The third-order valence-electron chi connectivity index (χ3n) is 4.10. The zero-order valence-corrected chi connectivity index (χ0v) is 11.6. The molecule has 0 spiro atoms. The second-order valence-electron chi connectivity index (χ2n) is 5.24. The van der Waals surface area contributed by atoms with E-state index in [0.29, 0.717) is 23.7 Å². The van der Waals surface area contributed by atoms with E-state index in [-0.39, 0.29) is 18.1 Å². The van der Waals surface area contributed by atoms with E-state index in [0.717, 1.165) is 12.8 Å². The summed E-state index contributed by atoms with van der Waals surface area (Å²) in [5.41, 5.74) is 0.607. The summed E-state index contributed by atoms with van der Waals surface area (Å²) in [4.78, 5) is 14.6. The van der Waals surface area contributed by atoms with Crippen molar-refractivity contribution < 1.29 is 9.53 Å². The van der Waals surface area contributed by atoms with Crippen molar-refractivity contribution in [3.05, 3.63) is 34.9 Å². The molecule has 1 aromatic carbocycles. The molecule has 0 bridgehead atoms. The van der Waals surface area contributed by atoms with Crippen LogP contribution in [-0.2, 0) is 4.74 Å². The number of rotatable bonds is 1. The fourth-order valence-electron chi connectivity index (χ4n) is 3.14. The SMILES string of the molecule is O=C(c1ccccc1Cl)N1CCO[C@H]2CCCC[C@@H]21. The number of benzene rings is 1. The van der Waals surface area contributed by atoms with Gasteiger partial charge in [-0.1, -0.05) is 36.6 Å². The quantitative estimate of drug-likeness (QED) is 0.790. The summed E-state index contributed by atoms with van der Waals surface area (Å²) >= 11 is 6.13. The number of carbonyl (C=O) groups is 1. The van der Waals surface area contributed by atoms with Crippen LogP contribution in [0.4, 0.5) is 0 Å². The molecule has 1 aromatic rings. The van der Waals surface area contributed by atoms with Gasteiger partial charge in [0.25, 0.3) is 5.91 Å². The molecule has 102 valence electrons. The zero-order valence-electron chi connectivity index (χ0n) is 10.8. The first-order chi connectivity index (χ1) is 9.27. The molecule has 0 radical (unpaired) electrons. The van der Waals surface area contributed by atoms with Gasteiger partial charge in [0.2, 0.25) is 0 Å². The molecule has 2 atom stereocenters. The van der Waals surface area contributed by atoms with Crippen molar-refractivity contribution in [2.24, 2.45) is 0 Å². The van der Waals surface area contributed by atoms with Crippen molar-refractivity contribution in [2.75, 3.05) is 13.2 Å². The Bertz CT molecular complexity index is 475. The van der Waals surface area contributed by atoms with E-state index in [1.54, 1.807) is 12.1 Å². The van der Waals surface area contributed by atoms with Crippen LogP contribution in [0.2, 0.25) is 5.02 Å². The van der Waals surface area contributed by atoms with Crippen LogP contribution in [0.3, 0.4) is 0 Å². The summed E-state index contributed by atoms with van der Waals surface area (Å²) in [7, 11) is 0. The minimum atomic E-state index is 0.0470. The molecule has 1 aliphatic carbocycles. The van der Waals surface area contributed by atoms with Gasteiger partial charge < -0.3 is 9.64 Å². The van der Waals surface area contributed by atoms with Crippen molar-refractivity contribution in [2.45, 2.75) is 37.8 Å². The Hall–Kier alpha value is -1.06. The summed E-state index contributed by atoms with van der Waals surface area (Å²) in [5, 5.41) is 0.534. The molecule has 0 N–H and O–H groups in total. The van der Waals surface area contributed by atoms with E-state index in [2.05, 4.69) is 0 Å². The molecule has 1 heterocycles. The number of fused-ring (bicyclic) bond motifs is 1. The third kappa shape index (κ3) is 2.49. The second kappa shape index (κ2) is 5.51. The summed E-state index contributed by atoms with van der Waals surface area (Å²) in [5.74, 6) is 0.0470. The Morgan fingerprint density at radius 1 is 1.26 bits per heavy atom. The standard InChI is InChI=1S/C15H18ClNO2/c16-12-6-2-1-5-11(12)15(18)17-9-10-19-14-8-4-3-7-13(14)17/h1-2,5-6,13-14H,3-4,7-10H2/t13-,14-/m0/s1. The molecule has 0 aromatic heterocycles. The molecule has 1 saturated carbocycles. The van der Waals surface area contributed by atoms with Gasteiger partial charge in [0.1, 0.15) is 0 Å². The third-order valence-corrected chi connectivity index (χ3v) is 4.43. The minimum absolute atomic E-state index is 0.0470. The number of amides is 1. The fourth-order valence-corrected chi connectivity index (χ4v) is 3.35. The maximum absolute atomic E-state index is 12.7. The highest BCUT2D eigenvalue weighted by Crippen LogP contribution is 2.30. The molecular formula is C15H18ClNO2. The van der Waals surface area contributed by atoms with Gasteiger partial charge in [-0.25, -0.2) is 0 Å². The van der Waals surface area contributed by atoms with Crippen LogP contribution in [0.5, 0.6) is 0 Å². The molecule has 3 rings (SSSR count). The first-order valence-corrected chi connectivity index (χ1v) is 7.32. The Morgan fingerprint density at radius 2 is 2.05 bits per heavy atom. The van der Waals surface area contributed by atoms with Gasteiger partial charge in [-0.05, 0) is 25.0 Å². The van der Waals surface area contributed by atoms with Crippen LogP contribution < -0.4 is 0 Å². The molecule has 19 heavy (non-hydrogen) atoms. The van der Waals surface area contributed by atoms with E-state index >= 15 is 0 Å². The van der Waals surface area contributed by atoms with E-state index < -0.39 is 0 Å². The van der Waals surface area contributed by atoms with Crippen LogP contribution >= 0.6 is 11.6 Å². The highest BCUT2D eigenvalue weighted by Gasteiger charge is 2.37. The van der Waals surface area contributed by atoms with Gasteiger partial charge in [0.15, 0.2) is 0 Å². The van der Waals surface area contributed by atoms with E-state index in [1.807, 2.05) is 17.0 Å². The number of halogens is 1. The van der Waals surface area contributed by atoms with Crippen LogP contribution in [-0.4, -0.2) is 36.1 Å². The number of nitrogens with zero attached hydrogens (tertiary/aromatic N) is 1. The smallest absolute Gasteiger partial charge is 0.255 e. The van der Waals surface area contributed by atoms with Crippen LogP contribution in [0.1, 0.15) is 36.0 Å². The zero-order chi connectivity index (χ0) is 13.2. The maximum Gasteiger partial charge on any atom is 0.255 e. The van der Waals surface area contributed by atoms with Crippen LogP contribution in [0, 0.1) is 0 Å². The normalized spacial score (nSPS) is 26.9. The largest absolute Gasteiger partial charge is 0.374 e. The summed E-state index contributed by atoms with van der Waals surface area (Å²) in [6.07, 6.45) is 4.71. The molecule has 1 saturated heterocycles. The number of carbonyl (C=O) groups excluding carboxylic acids is 1. The van der Waals surface area contributed by atoms with Gasteiger partial charge >= 0.3 is 0 Å². The van der Waals surface area contributed by atoms with Crippen molar-refractivity contribution >= 4 is 17.5 Å². The molecule has 1 amide bonds. The Balaban J connectivity index is 1.84. The lowest BCUT2D eigenvalue weighted by molar-refractivity contribution is -0.0752. The summed E-state index contributed by atoms with van der Waals surface area (Å²) in [6, 6.07) is 7.51. The number of hydrogen-bond donors (Lipinski definition) is 0. The average Bonchev–Trinajstić information content (AvgIpc) is 2.46.